The summed E-state index contributed by atoms with van der Waals surface area (Å²) < 4.78 is 7.05. The minimum Gasteiger partial charge on any atom is -0.497 e. The van der Waals surface area contributed by atoms with E-state index in [0.717, 1.165) is 28.3 Å². The van der Waals surface area contributed by atoms with Gasteiger partial charge in [0.15, 0.2) is 0 Å². The molecule has 0 fully saturated rings. The Hall–Kier alpha value is -1.85. The Kier molecular flexibility index (Phi) is 3.87. The van der Waals surface area contributed by atoms with Gasteiger partial charge in [-0.3, -0.25) is 10.5 Å². The number of ether oxygens (including phenoxy) is 1. The molecule has 0 amide bonds. The second kappa shape index (κ2) is 5.42. The van der Waals surface area contributed by atoms with Crippen LogP contribution >= 0.6 is 0 Å². The quantitative estimate of drug-likeness (QED) is 0.647. The molecular formula is C14H20N4O. The molecule has 1 heterocycles. The lowest BCUT2D eigenvalue weighted by Crippen LogP contribution is -2.29. The van der Waals surface area contributed by atoms with Crippen LogP contribution in [0.4, 0.5) is 0 Å². The second-order valence-electron chi connectivity index (χ2n) is 4.58. The lowest BCUT2D eigenvalue weighted by atomic mass is 9.97. The van der Waals surface area contributed by atoms with Crippen LogP contribution < -0.4 is 16.0 Å². The topological polar surface area (TPSA) is 65.1 Å². The summed E-state index contributed by atoms with van der Waals surface area (Å²) in [6, 6.07) is 7.81. The number of nitrogens with one attached hydrogen (secondary N) is 1. The summed E-state index contributed by atoms with van der Waals surface area (Å²) in [6.07, 6.45) is 0. The third-order valence-electron chi connectivity index (χ3n) is 3.47. The lowest BCUT2D eigenvalue weighted by molar-refractivity contribution is 0.414. The Labute approximate surface area is 113 Å². The molecule has 0 aliphatic carbocycles. The van der Waals surface area contributed by atoms with Gasteiger partial charge in [0.2, 0.25) is 0 Å². The largest absolute Gasteiger partial charge is 0.497 e. The van der Waals surface area contributed by atoms with E-state index in [1.165, 1.54) is 0 Å². The smallest absolute Gasteiger partial charge is 0.118 e. The van der Waals surface area contributed by atoms with E-state index in [4.69, 9.17) is 10.6 Å². The van der Waals surface area contributed by atoms with Crippen molar-refractivity contribution in [3.05, 3.63) is 46.8 Å². The highest BCUT2D eigenvalue weighted by atomic mass is 16.5. The van der Waals surface area contributed by atoms with Crippen LogP contribution in [0.3, 0.4) is 0 Å². The van der Waals surface area contributed by atoms with E-state index < -0.39 is 0 Å². The first-order valence-electron chi connectivity index (χ1n) is 6.18. The maximum absolute atomic E-state index is 5.74. The molecule has 19 heavy (non-hydrogen) atoms. The number of hydrazine groups is 1. The average Bonchev–Trinajstić information content (AvgIpc) is 2.67. The molecule has 1 aromatic carbocycles. The van der Waals surface area contributed by atoms with Gasteiger partial charge in [0.1, 0.15) is 5.75 Å². The minimum absolute atomic E-state index is 0.0698. The van der Waals surface area contributed by atoms with Gasteiger partial charge < -0.3 is 4.74 Å². The summed E-state index contributed by atoms with van der Waals surface area (Å²) in [5, 5.41) is 4.44. The third-order valence-corrected chi connectivity index (χ3v) is 3.47. The summed E-state index contributed by atoms with van der Waals surface area (Å²) in [5.74, 6) is 6.57. The van der Waals surface area contributed by atoms with Gasteiger partial charge in [-0.15, -0.1) is 0 Å². The van der Waals surface area contributed by atoms with Crippen molar-refractivity contribution in [1.29, 1.82) is 0 Å². The number of benzene rings is 1. The van der Waals surface area contributed by atoms with E-state index in [0.29, 0.717) is 0 Å². The maximum atomic E-state index is 5.74. The Balaban J connectivity index is 2.43. The number of rotatable bonds is 4. The molecule has 0 aliphatic rings. The van der Waals surface area contributed by atoms with E-state index in [1.807, 2.05) is 49.8 Å². The average molecular weight is 260 g/mol. The van der Waals surface area contributed by atoms with Gasteiger partial charge >= 0.3 is 0 Å². The number of methoxy groups -OCH3 is 1. The molecule has 0 aliphatic heterocycles. The van der Waals surface area contributed by atoms with Crippen LogP contribution in [0, 0.1) is 13.8 Å². The van der Waals surface area contributed by atoms with Gasteiger partial charge in [-0.25, -0.2) is 5.43 Å². The first-order chi connectivity index (χ1) is 9.08. The minimum atomic E-state index is -0.0698. The van der Waals surface area contributed by atoms with Crippen LogP contribution in [0.5, 0.6) is 5.75 Å². The van der Waals surface area contributed by atoms with Crippen molar-refractivity contribution >= 4 is 0 Å². The van der Waals surface area contributed by atoms with E-state index >= 15 is 0 Å². The molecule has 1 atom stereocenters. The Morgan fingerprint density at radius 1 is 1.26 bits per heavy atom. The molecular weight excluding hydrogens is 240 g/mol. The molecule has 0 spiro atoms. The SMILES string of the molecule is COc1ccc(C(NN)c2c(C)nn(C)c2C)cc1. The van der Waals surface area contributed by atoms with Crippen LogP contribution in [-0.2, 0) is 7.05 Å². The van der Waals surface area contributed by atoms with Crippen molar-refractivity contribution < 1.29 is 4.74 Å². The zero-order valence-electron chi connectivity index (χ0n) is 11.8. The molecule has 102 valence electrons. The van der Waals surface area contributed by atoms with Gasteiger partial charge in [-0.1, -0.05) is 12.1 Å². The van der Waals surface area contributed by atoms with Gasteiger partial charge in [-0.05, 0) is 31.5 Å². The second-order valence-corrected chi connectivity index (χ2v) is 4.58. The fourth-order valence-corrected chi connectivity index (χ4v) is 2.35. The molecule has 2 rings (SSSR count). The first kappa shape index (κ1) is 13.6. The van der Waals surface area contributed by atoms with E-state index in [2.05, 4.69) is 10.5 Å². The van der Waals surface area contributed by atoms with E-state index in [-0.39, 0.29) is 6.04 Å². The molecule has 1 aromatic heterocycles. The molecule has 1 unspecified atom stereocenters. The van der Waals surface area contributed by atoms with Crippen LogP contribution in [0.15, 0.2) is 24.3 Å². The predicted octanol–water partition coefficient (Wildman–Crippen LogP) is 1.60. The molecule has 0 radical (unpaired) electrons. The van der Waals surface area contributed by atoms with Crippen LogP contribution in [-0.4, -0.2) is 16.9 Å². The molecule has 5 heteroatoms. The lowest BCUT2D eigenvalue weighted by Gasteiger charge is -2.17. The Morgan fingerprint density at radius 3 is 2.32 bits per heavy atom. The molecule has 3 N–H and O–H groups in total. The normalized spacial score (nSPS) is 12.5. The van der Waals surface area contributed by atoms with Gasteiger partial charge in [0.05, 0.1) is 18.8 Å². The van der Waals surface area contributed by atoms with Crippen molar-refractivity contribution in [2.24, 2.45) is 12.9 Å². The molecule has 2 aromatic rings. The van der Waals surface area contributed by atoms with Crippen molar-refractivity contribution in [3.8, 4) is 5.75 Å². The van der Waals surface area contributed by atoms with Crippen molar-refractivity contribution in [2.45, 2.75) is 19.9 Å². The van der Waals surface area contributed by atoms with E-state index in [9.17, 15) is 0 Å². The summed E-state index contributed by atoms with van der Waals surface area (Å²) in [4.78, 5) is 0. The Morgan fingerprint density at radius 2 is 1.89 bits per heavy atom. The third kappa shape index (κ3) is 2.47. The van der Waals surface area contributed by atoms with Crippen molar-refractivity contribution in [2.75, 3.05) is 7.11 Å². The van der Waals surface area contributed by atoms with Gasteiger partial charge in [0, 0.05) is 18.3 Å². The highest BCUT2D eigenvalue weighted by Crippen LogP contribution is 2.27. The maximum Gasteiger partial charge on any atom is 0.118 e. The van der Waals surface area contributed by atoms with Crippen LogP contribution in [0.2, 0.25) is 0 Å². The highest BCUT2D eigenvalue weighted by molar-refractivity contribution is 5.39. The number of hydrogen-bond donors (Lipinski definition) is 2. The number of aryl methyl sites for hydroxylation is 2. The van der Waals surface area contributed by atoms with Crippen LogP contribution in [0.25, 0.3) is 0 Å². The van der Waals surface area contributed by atoms with Crippen LogP contribution in [0.1, 0.15) is 28.6 Å². The summed E-state index contributed by atoms with van der Waals surface area (Å²) >= 11 is 0. The predicted molar refractivity (Wildman–Crippen MR) is 74.8 cm³/mol. The van der Waals surface area contributed by atoms with Crippen molar-refractivity contribution in [3.63, 3.8) is 0 Å². The van der Waals surface area contributed by atoms with Gasteiger partial charge in [-0.2, -0.15) is 5.10 Å². The Bertz CT molecular complexity index is 560. The molecule has 0 saturated carbocycles. The summed E-state index contributed by atoms with van der Waals surface area (Å²) in [7, 11) is 3.59. The zero-order valence-corrected chi connectivity index (χ0v) is 11.8. The fraction of sp³-hybridized carbons (Fsp3) is 0.357. The first-order valence-corrected chi connectivity index (χ1v) is 6.18. The zero-order chi connectivity index (χ0) is 14.0. The van der Waals surface area contributed by atoms with Crippen molar-refractivity contribution in [1.82, 2.24) is 15.2 Å². The molecule has 0 saturated heterocycles. The van der Waals surface area contributed by atoms with E-state index in [1.54, 1.807) is 7.11 Å². The number of hydrogen-bond acceptors (Lipinski definition) is 4. The standard InChI is InChI=1S/C14H20N4O/c1-9-13(10(2)18(3)17-9)14(16-15)11-5-7-12(19-4)8-6-11/h5-8,14,16H,15H2,1-4H3. The highest BCUT2D eigenvalue weighted by Gasteiger charge is 2.20. The van der Waals surface area contributed by atoms with Gasteiger partial charge in [0.25, 0.3) is 0 Å². The summed E-state index contributed by atoms with van der Waals surface area (Å²) in [6.45, 7) is 4.04. The number of aromatic nitrogens is 2. The fourth-order valence-electron chi connectivity index (χ4n) is 2.35. The number of nitrogens with two attached hydrogens (primary N) is 1. The number of nitrogens with zero attached hydrogens (tertiary/aromatic N) is 2. The molecule has 5 nitrogen and oxygen atoms in total. The monoisotopic (exact) mass is 260 g/mol. The molecule has 0 bridgehead atoms. The summed E-state index contributed by atoms with van der Waals surface area (Å²) in [5.41, 5.74) is 7.17.